The van der Waals surface area contributed by atoms with Crippen LogP contribution in [0.1, 0.15) is 52.6 Å². The number of halogens is 3. The van der Waals surface area contributed by atoms with Crippen molar-refractivity contribution in [3.8, 4) is 5.69 Å². The van der Waals surface area contributed by atoms with Crippen molar-refractivity contribution in [2.24, 2.45) is 0 Å². The summed E-state index contributed by atoms with van der Waals surface area (Å²) < 4.78 is 41.9. The maximum Gasteiger partial charge on any atom is 0.418 e. The third kappa shape index (κ3) is 4.06. The molecular formula is C23H23F3N2O. The van der Waals surface area contributed by atoms with Gasteiger partial charge in [-0.3, -0.25) is 4.79 Å². The van der Waals surface area contributed by atoms with Gasteiger partial charge in [-0.15, -0.1) is 0 Å². The molecule has 0 bridgehead atoms. The van der Waals surface area contributed by atoms with Gasteiger partial charge in [-0.2, -0.15) is 13.2 Å². The van der Waals surface area contributed by atoms with E-state index in [1.165, 1.54) is 16.7 Å². The lowest BCUT2D eigenvalue weighted by molar-refractivity contribution is -0.137. The molecule has 2 aromatic carbocycles. The number of benzene rings is 2. The molecule has 0 radical (unpaired) electrons. The Labute approximate surface area is 168 Å². The molecule has 0 atom stereocenters. The lowest BCUT2D eigenvalue weighted by Crippen LogP contribution is -2.15. The molecule has 29 heavy (non-hydrogen) atoms. The highest BCUT2D eigenvalue weighted by Crippen LogP contribution is 2.35. The Morgan fingerprint density at radius 2 is 1.62 bits per heavy atom. The van der Waals surface area contributed by atoms with Crippen molar-refractivity contribution >= 4 is 11.6 Å². The second-order valence-electron chi connectivity index (χ2n) is 7.33. The third-order valence-electron chi connectivity index (χ3n) is 4.96. The third-order valence-corrected chi connectivity index (χ3v) is 4.96. The SMILES string of the molecule is Cc1cc(C(=O)Nc2ccccc2C(C)C)c(C)n1-c1ccccc1C(F)(F)F. The van der Waals surface area contributed by atoms with E-state index in [0.29, 0.717) is 22.6 Å². The number of carbonyl (C=O) groups is 1. The molecule has 0 spiro atoms. The summed E-state index contributed by atoms with van der Waals surface area (Å²) in [5.41, 5.74) is 2.33. The van der Waals surface area contributed by atoms with Gasteiger partial charge in [-0.05, 0) is 49.6 Å². The topological polar surface area (TPSA) is 34.0 Å². The summed E-state index contributed by atoms with van der Waals surface area (Å²) in [6.07, 6.45) is -4.49. The van der Waals surface area contributed by atoms with Gasteiger partial charge in [0.25, 0.3) is 5.91 Å². The molecule has 3 rings (SSSR count). The zero-order valence-corrected chi connectivity index (χ0v) is 16.8. The summed E-state index contributed by atoms with van der Waals surface area (Å²) in [4.78, 5) is 12.9. The Hall–Kier alpha value is -3.02. The largest absolute Gasteiger partial charge is 0.418 e. The van der Waals surface area contributed by atoms with Crippen LogP contribution in [0.2, 0.25) is 0 Å². The zero-order valence-electron chi connectivity index (χ0n) is 16.8. The fraction of sp³-hybridized carbons (Fsp3) is 0.261. The monoisotopic (exact) mass is 400 g/mol. The molecule has 1 aromatic heterocycles. The molecule has 0 saturated heterocycles. The first-order valence-corrected chi connectivity index (χ1v) is 9.37. The number of hydrogen-bond donors (Lipinski definition) is 1. The molecule has 0 fully saturated rings. The van der Waals surface area contributed by atoms with Crippen molar-refractivity contribution in [1.82, 2.24) is 4.57 Å². The second kappa shape index (κ2) is 7.78. The Bertz CT molecular complexity index is 1050. The molecule has 1 amide bonds. The maximum atomic E-state index is 13.5. The van der Waals surface area contributed by atoms with Crippen molar-refractivity contribution in [2.45, 2.75) is 39.8 Å². The quantitative estimate of drug-likeness (QED) is 0.534. The molecule has 0 aliphatic carbocycles. The number of alkyl halides is 3. The smallest absolute Gasteiger partial charge is 0.322 e. The van der Waals surface area contributed by atoms with Crippen LogP contribution in [0.25, 0.3) is 5.69 Å². The van der Waals surface area contributed by atoms with E-state index in [2.05, 4.69) is 5.32 Å². The number of rotatable bonds is 4. The Balaban J connectivity index is 2.03. The highest BCUT2D eigenvalue weighted by molar-refractivity contribution is 6.05. The lowest BCUT2D eigenvalue weighted by atomic mass is 10.0. The molecule has 0 aliphatic heterocycles. The number of para-hydroxylation sites is 2. The number of aromatic nitrogens is 1. The number of nitrogens with one attached hydrogen (secondary N) is 1. The van der Waals surface area contributed by atoms with Crippen molar-refractivity contribution in [3.05, 3.63) is 82.7 Å². The molecule has 0 unspecified atom stereocenters. The van der Waals surface area contributed by atoms with Crippen LogP contribution in [0, 0.1) is 13.8 Å². The first kappa shape index (κ1) is 20.7. The van der Waals surface area contributed by atoms with Crippen LogP contribution in [0.5, 0.6) is 0 Å². The van der Waals surface area contributed by atoms with Crippen LogP contribution >= 0.6 is 0 Å². The van der Waals surface area contributed by atoms with Gasteiger partial charge in [0.05, 0.1) is 16.8 Å². The van der Waals surface area contributed by atoms with Crippen LogP contribution in [0.15, 0.2) is 54.6 Å². The summed E-state index contributed by atoms with van der Waals surface area (Å²) >= 11 is 0. The van der Waals surface area contributed by atoms with E-state index >= 15 is 0 Å². The predicted octanol–water partition coefficient (Wildman–Crippen LogP) is 6.49. The molecule has 152 valence electrons. The number of amides is 1. The van der Waals surface area contributed by atoms with E-state index in [4.69, 9.17) is 0 Å². The standard InChI is InChI=1S/C23H23F3N2O/c1-14(2)17-9-5-7-11-20(17)27-22(29)18-13-15(3)28(16(18)4)21-12-8-6-10-19(21)23(24,25)26/h5-14H,1-4H3,(H,27,29). The number of carbonyl (C=O) groups excluding carboxylic acids is 1. The Morgan fingerprint density at radius 3 is 2.28 bits per heavy atom. The van der Waals surface area contributed by atoms with E-state index < -0.39 is 11.7 Å². The van der Waals surface area contributed by atoms with Gasteiger partial charge in [-0.1, -0.05) is 44.2 Å². The van der Waals surface area contributed by atoms with Crippen LogP contribution in [-0.4, -0.2) is 10.5 Å². The van der Waals surface area contributed by atoms with Gasteiger partial charge in [-0.25, -0.2) is 0 Å². The summed E-state index contributed by atoms with van der Waals surface area (Å²) in [7, 11) is 0. The van der Waals surface area contributed by atoms with Crippen LogP contribution < -0.4 is 5.32 Å². The van der Waals surface area contributed by atoms with Gasteiger partial charge in [0.2, 0.25) is 0 Å². The Morgan fingerprint density at radius 1 is 1.00 bits per heavy atom. The minimum atomic E-state index is -4.49. The lowest BCUT2D eigenvalue weighted by Gasteiger charge is -2.17. The van der Waals surface area contributed by atoms with E-state index in [-0.39, 0.29) is 17.5 Å². The minimum absolute atomic E-state index is 0.0108. The molecule has 3 aromatic rings. The molecule has 0 aliphatic rings. The molecular weight excluding hydrogens is 377 g/mol. The fourth-order valence-electron chi connectivity index (χ4n) is 3.58. The average Bonchev–Trinajstić information content (AvgIpc) is 2.95. The van der Waals surface area contributed by atoms with Gasteiger partial charge < -0.3 is 9.88 Å². The van der Waals surface area contributed by atoms with Crippen LogP contribution in [-0.2, 0) is 6.18 Å². The van der Waals surface area contributed by atoms with Gasteiger partial charge in [0, 0.05) is 17.1 Å². The molecule has 0 saturated carbocycles. The Kier molecular flexibility index (Phi) is 5.55. The van der Waals surface area contributed by atoms with Gasteiger partial charge in [0.15, 0.2) is 0 Å². The highest BCUT2D eigenvalue weighted by Gasteiger charge is 2.34. The van der Waals surface area contributed by atoms with Gasteiger partial charge >= 0.3 is 6.18 Å². The molecule has 6 heteroatoms. The van der Waals surface area contributed by atoms with Gasteiger partial charge in [0.1, 0.15) is 0 Å². The number of nitrogens with zero attached hydrogens (tertiary/aromatic N) is 1. The molecule has 1 heterocycles. The number of aryl methyl sites for hydroxylation is 1. The normalized spacial score (nSPS) is 11.7. The summed E-state index contributed by atoms with van der Waals surface area (Å²) in [6.45, 7) is 7.41. The number of hydrogen-bond acceptors (Lipinski definition) is 1. The van der Waals surface area contributed by atoms with E-state index in [1.807, 2.05) is 38.1 Å². The van der Waals surface area contributed by atoms with Crippen molar-refractivity contribution in [1.29, 1.82) is 0 Å². The van der Waals surface area contributed by atoms with Crippen molar-refractivity contribution in [2.75, 3.05) is 5.32 Å². The minimum Gasteiger partial charge on any atom is -0.322 e. The highest BCUT2D eigenvalue weighted by atomic mass is 19.4. The second-order valence-corrected chi connectivity index (χ2v) is 7.33. The van der Waals surface area contributed by atoms with Crippen LogP contribution in [0.4, 0.5) is 18.9 Å². The summed E-state index contributed by atoms with van der Waals surface area (Å²) in [5.74, 6) is -0.125. The van der Waals surface area contributed by atoms with Crippen LogP contribution in [0.3, 0.4) is 0 Å². The van der Waals surface area contributed by atoms with E-state index in [0.717, 1.165) is 11.6 Å². The van der Waals surface area contributed by atoms with Crippen molar-refractivity contribution in [3.63, 3.8) is 0 Å². The summed E-state index contributed by atoms with van der Waals surface area (Å²) in [6, 6.07) is 14.5. The van der Waals surface area contributed by atoms with E-state index in [1.54, 1.807) is 26.0 Å². The number of anilines is 1. The first-order chi connectivity index (χ1) is 13.6. The van der Waals surface area contributed by atoms with Crippen molar-refractivity contribution < 1.29 is 18.0 Å². The average molecular weight is 400 g/mol. The fourth-order valence-corrected chi connectivity index (χ4v) is 3.58. The van der Waals surface area contributed by atoms with E-state index in [9.17, 15) is 18.0 Å². The zero-order chi connectivity index (χ0) is 21.3. The first-order valence-electron chi connectivity index (χ1n) is 9.37. The molecule has 1 N–H and O–H groups in total. The maximum absolute atomic E-state index is 13.5. The summed E-state index contributed by atoms with van der Waals surface area (Å²) in [5, 5.41) is 2.91. The predicted molar refractivity (Wildman–Crippen MR) is 109 cm³/mol. The molecule has 3 nitrogen and oxygen atoms in total.